The first kappa shape index (κ1) is 27.7. The van der Waals surface area contributed by atoms with Crippen LogP contribution in [0.5, 0.6) is 0 Å². The number of nitrogens with zero attached hydrogens (tertiary/aromatic N) is 3. The molecule has 0 amide bonds. The smallest absolute Gasteiger partial charge is 0.337 e. The average Bonchev–Trinajstić information content (AvgIpc) is 3.41. The van der Waals surface area contributed by atoms with Gasteiger partial charge in [-0.1, -0.05) is 30.7 Å². The van der Waals surface area contributed by atoms with Gasteiger partial charge in [-0.05, 0) is 18.6 Å². The van der Waals surface area contributed by atoms with Gasteiger partial charge in [-0.2, -0.15) is 0 Å². The molecule has 1 aromatic carbocycles. The number of benzene rings is 1. The van der Waals surface area contributed by atoms with Crippen molar-refractivity contribution >= 4 is 40.7 Å². The highest BCUT2D eigenvalue weighted by molar-refractivity contribution is 7.11. The van der Waals surface area contributed by atoms with E-state index in [9.17, 15) is 14.0 Å². The summed E-state index contributed by atoms with van der Waals surface area (Å²) in [7, 11) is 1.35. The molecule has 0 radical (unpaired) electrons. The molecule has 1 aromatic heterocycles. The number of carboxylic acids is 1. The summed E-state index contributed by atoms with van der Waals surface area (Å²) in [6.07, 6.45) is 2.01. The third kappa shape index (κ3) is 7.82. The molecule has 2 aromatic rings. The van der Waals surface area contributed by atoms with Gasteiger partial charge in [0.1, 0.15) is 5.82 Å². The Hall–Kier alpha value is -2.86. The number of morpholine rings is 1. The highest BCUT2D eigenvalue weighted by Crippen LogP contribution is 2.19. The van der Waals surface area contributed by atoms with E-state index in [4.69, 9.17) is 26.2 Å². The average molecular weight is 539 g/mol. The highest BCUT2D eigenvalue weighted by atomic mass is 35.5. The number of aliphatic carboxylic acids is 1. The molecule has 9 nitrogen and oxygen atoms in total. The lowest BCUT2D eigenvalue weighted by molar-refractivity contribution is -0.143. The minimum atomic E-state index is -0.824. The van der Waals surface area contributed by atoms with Crippen molar-refractivity contribution in [3.8, 4) is 0 Å². The second kappa shape index (κ2) is 13.4. The number of ether oxygens (including phenoxy) is 2. The molecule has 2 aliphatic rings. The molecule has 2 atom stereocenters. The number of methoxy groups -OCH3 is 1. The van der Waals surface area contributed by atoms with Gasteiger partial charge in [0.2, 0.25) is 0 Å². The van der Waals surface area contributed by atoms with E-state index < -0.39 is 17.9 Å². The third-order valence-electron chi connectivity index (χ3n) is 5.56. The summed E-state index contributed by atoms with van der Waals surface area (Å²) in [5.41, 5.74) is 1.23. The summed E-state index contributed by atoms with van der Waals surface area (Å²) in [5.74, 6) is -1.43. The van der Waals surface area contributed by atoms with Crippen LogP contribution in [0.4, 0.5) is 4.39 Å². The second-order valence-electron chi connectivity index (χ2n) is 8.19. The van der Waals surface area contributed by atoms with Crippen LogP contribution < -0.4 is 5.32 Å². The first-order chi connectivity index (χ1) is 17.3. The Morgan fingerprint density at radius 2 is 2.19 bits per heavy atom. The van der Waals surface area contributed by atoms with Gasteiger partial charge in [0.15, 0.2) is 10.8 Å². The normalized spacial score (nSPS) is 18.9. The summed E-state index contributed by atoms with van der Waals surface area (Å²) in [4.78, 5) is 34.1. The molecule has 12 heteroatoms. The van der Waals surface area contributed by atoms with Crippen molar-refractivity contribution in [3.05, 3.63) is 63.0 Å². The van der Waals surface area contributed by atoms with Gasteiger partial charge in [0.05, 0.1) is 42.9 Å². The standard InChI is InChI=1S/C18H24N4O5S.C6H4ClF/c1-11(17(23)24)7-12-9-22(4-5-27-12)10-14-13(18(25)26-2)8-20-15(21-14)16-19-3-6-28-16;7-5-3-1-2-4-6(5)8/h3,6,11-12H,4-5,7-10H2,1-2H3,(H,20,21)(H,23,24);1-4H/t11?,12-;/m1./s1. The van der Waals surface area contributed by atoms with E-state index >= 15 is 0 Å². The summed E-state index contributed by atoms with van der Waals surface area (Å²) >= 11 is 6.80. The number of amidine groups is 1. The molecule has 0 bridgehead atoms. The molecule has 3 heterocycles. The number of halogens is 2. The summed E-state index contributed by atoms with van der Waals surface area (Å²) in [5, 5.41) is 15.2. The molecule has 2 aliphatic heterocycles. The molecule has 2 N–H and O–H groups in total. The summed E-state index contributed by atoms with van der Waals surface area (Å²) in [6.45, 7) is 4.22. The fourth-order valence-electron chi connectivity index (χ4n) is 3.64. The summed E-state index contributed by atoms with van der Waals surface area (Å²) in [6, 6.07) is 6.12. The Morgan fingerprint density at radius 1 is 1.42 bits per heavy atom. The van der Waals surface area contributed by atoms with Crippen LogP contribution in [0.25, 0.3) is 0 Å². The van der Waals surface area contributed by atoms with Crippen molar-refractivity contribution in [1.29, 1.82) is 0 Å². The number of hydrogen-bond acceptors (Lipinski definition) is 9. The molecule has 36 heavy (non-hydrogen) atoms. The minimum absolute atomic E-state index is 0.155. The molecule has 0 saturated carbocycles. The van der Waals surface area contributed by atoms with Crippen molar-refractivity contribution < 1.29 is 28.6 Å². The number of carbonyl (C=O) groups is 2. The van der Waals surface area contributed by atoms with E-state index in [1.807, 2.05) is 5.38 Å². The molecule has 194 valence electrons. The van der Waals surface area contributed by atoms with Crippen molar-refractivity contribution in [2.24, 2.45) is 10.9 Å². The first-order valence-electron chi connectivity index (χ1n) is 11.3. The van der Waals surface area contributed by atoms with Crippen molar-refractivity contribution in [3.63, 3.8) is 0 Å². The molecule has 1 saturated heterocycles. The van der Waals surface area contributed by atoms with Crippen LogP contribution in [0.15, 0.2) is 52.1 Å². The van der Waals surface area contributed by atoms with Gasteiger partial charge in [-0.15, -0.1) is 11.3 Å². The van der Waals surface area contributed by atoms with Crippen LogP contribution in [0, 0.1) is 11.7 Å². The Kier molecular flexibility index (Phi) is 10.4. The van der Waals surface area contributed by atoms with Crippen LogP contribution >= 0.6 is 22.9 Å². The number of aliphatic imine (C=N–C) groups is 1. The first-order valence-corrected chi connectivity index (χ1v) is 12.5. The molecular weight excluding hydrogens is 511 g/mol. The lowest BCUT2D eigenvalue weighted by atomic mass is 10.0. The maximum absolute atomic E-state index is 12.2. The second-order valence-corrected chi connectivity index (χ2v) is 9.49. The number of thiazole rings is 1. The number of esters is 1. The van der Waals surface area contributed by atoms with Crippen LogP contribution in [-0.2, 0) is 19.1 Å². The number of nitrogens with one attached hydrogen (secondary N) is 1. The zero-order valence-corrected chi connectivity index (χ0v) is 21.5. The SMILES string of the molecule is COC(=O)C1=C(CN2CCO[C@H](CC(C)C(=O)O)C2)NC(c2nccs2)=NC1.Fc1ccccc1Cl. The zero-order valence-electron chi connectivity index (χ0n) is 19.9. The largest absolute Gasteiger partial charge is 0.481 e. The molecule has 1 unspecified atom stereocenters. The van der Waals surface area contributed by atoms with Gasteiger partial charge in [0.25, 0.3) is 0 Å². The third-order valence-corrected chi connectivity index (χ3v) is 6.65. The molecule has 0 aliphatic carbocycles. The quantitative estimate of drug-likeness (QED) is 0.517. The van der Waals surface area contributed by atoms with Crippen molar-refractivity contribution in [1.82, 2.24) is 15.2 Å². The van der Waals surface area contributed by atoms with E-state index in [1.54, 1.807) is 25.3 Å². The van der Waals surface area contributed by atoms with Crippen LogP contribution in [-0.4, -0.2) is 78.8 Å². The molecular formula is C24H28ClFN4O5S. The Labute approximate surface area is 217 Å². The van der Waals surface area contributed by atoms with E-state index in [0.29, 0.717) is 44.1 Å². The molecule has 0 spiro atoms. The topological polar surface area (TPSA) is 113 Å². The monoisotopic (exact) mass is 538 g/mol. The van der Waals surface area contributed by atoms with E-state index in [-0.39, 0.29) is 23.5 Å². The van der Waals surface area contributed by atoms with Gasteiger partial charge in [-0.3, -0.25) is 14.7 Å². The Balaban J connectivity index is 0.000000383. The van der Waals surface area contributed by atoms with E-state index in [1.165, 1.54) is 30.6 Å². The number of hydrogen-bond donors (Lipinski definition) is 2. The Morgan fingerprint density at radius 3 is 2.81 bits per heavy atom. The number of rotatable bonds is 7. The van der Waals surface area contributed by atoms with Gasteiger partial charge in [0, 0.05) is 36.9 Å². The minimum Gasteiger partial charge on any atom is -0.481 e. The number of aromatic nitrogens is 1. The lowest BCUT2D eigenvalue weighted by Gasteiger charge is -2.35. The molecule has 4 rings (SSSR count). The van der Waals surface area contributed by atoms with Crippen molar-refractivity contribution in [2.75, 3.05) is 39.9 Å². The lowest BCUT2D eigenvalue weighted by Crippen LogP contribution is -2.46. The van der Waals surface area contributed by atoms with E-state index in [2.05, 4.69) is 20.2 Å². The van der Waals surface area contributed by atoms with Crippen LogP contribution in [0.2, 0.25) is 5.02 Å². The van der Waals surface area contributed by atoms with E-state index in [0.717, 1.165) is 10.7 Å². The number of carboxylic acid groups (broad SMARTS) is 1. The molecule has 1 fully saturated rings. The maximum atomic E-state index is 12.2. The maximum Gasteiger partial charge on any atom is 0.337 e. The number of carbonyl (C=O) groups excluding carboxylic acids is 1. The summed E-state index contributed by atoms with van der Waals surface area (Å²) < 4.78 is 22.8. The fraction of sp³-hybridized carbons (Fsp3) is 0.417. The van der Waals surface area contributed by atoms with Gasteiger partial charge >= 0.3 is 11.9 Å². The van der Waals surface area contributed by atoms with Crippen LogP contribution in [0.3, 0.4) is 0 Å². The fourth-order valence-corrected chi connectivity index (χ4v) is 4.38. The Bertz CT molecular complexity index is 1090. The van der Waals surface area contributed by atoms with Gasteiger partial charge < -0.3 is 19.9 Å². The van der Waals surface area contributed by atoms with Crippen molar-refractivity contribution in [2.45, 2.75) is 19.4 Å². The predicted molar refractivity (Wildman–Crippen MR) is 135 cm³/mol. The van der Waals surface area contributed by atoms with Crippen LogP contribution in [0.1, 0.15) is 18.4 Å². The zero-order chi connectivity index (χ0) is 26.1. The predicted octanol–water partition coefficient (Wildman–Crippen LogP) is 3.21. The highest BCUT2D eigenvalue weighted by Gasteiger charge is 2.28. The van der Waals surface area contributed by atoms with Gasteiger partial charge in [-0.25, -0.2) is 14.2 Å².